The van der Waals surface area contributed by atoms with Gasteiger partial charge in [0.05, 0.1) is 12.9 Å². The molecule has 26 heavy (non-hydrogen) atoms. The molecule has 6 heteroatoms. The lowest BCUT2D eigenvalue weighted by atomic mass is 10.00. The molecule has 0 saturated carbocycles. The Morgan fingerprint density at radius 2 is 1.88 bits per heavy atom. The maximum absolute atomic E-state index is 12.4. The molecule has 0 aromatic heterocycles. The number of ether oxygens (including phenoxy) is 1. The fraction of sp³-hybridized carbons (Fsp3) is 0.300. The van der Waals surface area contributed by atoms with E-state index in [4.69, 9.17) is 9.84 Å². The molecular weight excluding hydrogens is 350 g/mol. The second kappa shape index (κ2) is 9.87. The Hall–Kier alpha value is -2.47. The van der Waals surface area contributed by atoms with Gasteiger partial charge in [-0.2, -0.15) is 0 Å². The third-order valence-corrected chi connectivity index (χ3v) is 4.83. The number of hydrogen-bond donors (Lipinski definition) is 2. The van der Waals surface area contributed by atoms with Crippen LogP contribution >= 0.6 is 11.8 Å². The molecule has 1 amide bonds. The Labute approximate surface area is 157 Å². The summed E-state index contributed by atoms with van der Waals surface area (Å²) in [5, 5.41) is 11.6. The minimum atomic E-state index is -0.827. The number of benzene rings is 2. The lowest BCUT2D eigenvalue weighted by Gasteiger charge is -2.13. The minimum Gasteiger partial charge on any atom is -0.497 e. The van der Waals surface area contributed by atoms with E-state index in [1.807, 2.05) is 55.5 Å². The van der Waals surface area contributed by atoms with Crippen molar-refractivity contribution in [3.63, 3.8) is 0 Å². The third kappa shape index (κ3) is 6.44. The van der Waals surface area contributed by atoms with Crippen LogP contribution in [0.5, 0.6) is 5.75 Å². The van der Waals surface area contributed by atoms with Gasteiger partial charge >= 0.3 is 5.97 Å². The van der Waals surface area contributed by atoms with E-state index < -0.39 is 5.97 Å². The molecule has 0 bridgehead atoms. The number of rotatable bonds is 9. The van der Waals surface area contributed by atoms with E-state index in [9.17, 15) is 9.59 Å². The van der Waals surface area contributed by atoms with Gasteiger partial charge in [-0.05, 0) is 41.8 Å². The molecule has 0 aliphatic carbocycles. The van der Waals surface area contributed by atoms with E-state index >= 15 is 0 Å². The van der Waals surface area contributed by atoms with Gasteiger partial charge < -0.3 is 15.2 Å². The van der Waals surface area contributed by atoms with Crippen LogP contribution in [0.3, 0.4) is 0 Å². The number of hydrogen-bond acceptors (Lipinski definition) is 4. The molecule has 0 heterocycles. The maximum atomic E-state index is 12.4. The average molecular weight is 373 g/mol. The molecule has 5 nitrogen and oxygen atoms in total. The molecule has 0 saturated heterocycles. The number of nitrogens with one attached hydrogen (secondary N) is 1. The van der Waals surface area contributed by atoms with Crippen LogP contribution in [0.1, 0.15) is 18.1 Å². The lowest BCUT2D eigenvalue weighted by molar-refractivity contribution is -0.133. The first kappa shape index (κ1) is 19.8. The summed E-state index contributed by atoms with van der Waals surface area (Å²) in [6, 6.07) is 15.2. The van der Waals surface area contributed by atoms with E-state index in [0.717, 1.165) is 22.6 Å². The molecule has 0 radical (unpaired) electrons. The number of carbonyl (C=O) groups excluding carboxylic acids is 1. The molecule has 1 unspecified atom stereocenters. The molecule has 0 spiro atoms. The highest BCUT2D eigenvalue weighted by molar-refractivity contribution is 7.99. The summed E-state index contributed by atoms with van der Waals surface area (Å²) < 4.78 is 5.14. The van der Waals surface area contributed by atoms with Crippen LogP contribution in [0.25, 0.3) is 0 Å². The van der Waals surface area contributed by atoms with Gasteiger partial charge in [0.1, 0.15) is 5.75 Å². The van der Waals surface area contributed by atoms with Gasteiger partial charge in [0.25, 0.3) is 0 Å². The quantitative estimate of drug-likeness (QED) is 0.699. The summed E-state index contributed by atoms with van der Waals surface area (Å²) in [6.45, 7) is 1.89. The topological polar surface area (TPSA) is 75.6 Å². The molecule has 0 aliphatic rings. The predicted molar refractivity (Wildman–Crippen MR) is 105 cm³/mol. The first-order valence-electron chi connectivity index (χ1n) is 8.30. The van der Waals surface area contributed by atoms with Crippen LogP contribution in [0.4, 0.5) is 5.69 Å². The number of amides is 1. The molecule has 2 aromatic rings. The van der Waals surface area contributed by atoms with Gasteiger partial charge in [-0.25, -0.2) is 0 Å². The van der Waals surface area contributed by atoms with Crippen LogP contribution in [0.15, 0.2) is 48.5 Å². The van der Waals surface area contributed by atoms with E-state index in [0.29, 0.717) is 12.2 Å². The van der Waals surface area contributed by atoms with Gasteiger partial charge in [-0.1, -0.05) is 31.2 Å². The number of methoxy groups -OCH3 is 1. The minimum absolute atomic E-state index is 0.0452. The van der Waals surface area contributed by atoms with Crippen molar-refractivity contribution in [3.05, 3.63) is 59.7 Å². The van der Waals surface area contributed by atoms with Crippen molar-refractivity contribution < 1.29 is 19.4 Å². The highest BCUT2D eigenvalue weighted by Crippen LogP contribution is 2.19. The number of carbonyl (C=O) groups is 2. The third-order valence-electron chi connectivity index (χ3n) is 3.84. The summed E-state index contributed by atoms with van der Waals surface area (Å²) in [5.74, 6) is 0.409. The molecule has 2 aromatic carbocycles. The van der Waals surface area contributed by atoms with Crippen molar-refractivity contribution in [2.45, 2.75) is 19.1 Å². The maximum Gasteiger partial charge on any atom is 0.313 e. The molecule has 2 rings (SSSR count). The van der Waals surface area contributed by atoms with Crippen molar-refractivity contribution in [2.75, 3.05) is 18.2 Å². The van der Waals surface area contributed by atoms with Gasteiger partial charge in [0.15, 0.2) is 0 Å². The number of aliphatic carboxylic acids is 1. The Balaban J connectivity index is 1.90. The Morgan fingerprint density at radius 3 is 2.54 bits per heavy atom. The Kier molecular flexibility index (Phi) is 7.53. The summed E-state index contributed by atoms with van der Waals surface area (Å²) >= 11 is 1.33. The van der Waals surface area contributed by atoms with Crippen LogP contribution in [0, 0.1) is 5.92 Å². The van der Waals surface area contributed by atoms with E-state index in [-0.39, 0.29) is 17.6 Å². The van der Waals surface area contributed by atoms with Crippen molar-refractivity contribution in [2.24, 2.45) is 5.92 Å². The summed E-state index contributed by atoms with van der Waals surface area (Å²) in [5.41, 5.74) is 2.79. The van der Waals surface area contributed by atoms with Crippen LogP contribution < -0.4 is 10.1 Å². The molecule has 0 aliphatic heterocycles. The fourth-order valence-electron chi connectivity index (χ4n) is 2.47. The second-order valence-electron chi connectivity index (χ2n) is 6.03. The van der Waals surface area contributed by atoms with Gasteiger partial charge in [0.2, 0.25) is 5.91 Å². The smallest absolute Gasteiger partial charge is 0.313 e. The van der Waals surface area contributed by atoms with Gasteiger partial charge in [0, 0.05) is 17.4 Å². The molecular formula is C20H23NO4S. The normalized spacial score (nSPS) is 11.6. The number of carboxylic acids is 1. The number of anilines is 1. The van der Waals surface area contributed by atoms with Crippen molar-refractivity contribution in [3.8, 4) is 5.75 Å². The first-order valence-corrected chi connectivity index (χ1v) is 9.45. The SMILES string of the molecule is COc1ccc(CC(C)C(=O)Nc2cccc(CSCC(=O)O)c2)cc1. The van der Waals surface area contributed by atoms with Crippen molar-refractivity contribution in [1.29, 1.82) is 0 Å². The Bertz CT molecular complexity index is 746. The zero-order valence-corrected chi connectivity index (χ0v) is 15.7. The molecule has 1 atom stereocenters. The second-order valence-corrected chi connectivity index (χ2v) is 7.02. The van der Waals surface area contributed by atoms with E-state index in [1.54, 1.807) is 7.11 Å². The number of carboxylic acid groups (broad SMARTS) is 1. The predicted octanol–water partition coefficient (Wildman–Crippen LogP) is 3.83. The average Bonchev–Trinajstić information content (AvgIpc) is 2.62. The first-order chi connectivity index (χ1) is 12.5. The van der Waals surface area contributed by atoms with Gasteiger partial charge in [-0.15, -0.1) is 11.8 Å². The highest BCUT2D eigenvalue weighted by atomic mass is 32.2. The zero-order chi connectivity index (χ0) is 18.9. The Morgan fingerprint density at radius 1 is 1.15 bits per heavy atom. The summed E-state index contributed by atoms with van der Waals surface area (Å²) in [7, 11) is 1.62. The molecule has 0 fully saturated rings. The lowest BCUT2D eigenvalue weighted by Crippen LogP contribution is -2.22. The largest absolute Gasteiger partial charge is 0.497 e. The summed E-state index contributed by atoms with van der Waals surface area (Å²) in [4.78, 5) is 23.0. The monoisotopic (exact) mass is 373 g/mol. The van der Waals surface area contributed by atoms with Gasteiger partial charge in [-0.3, -0.25) is 9.59 Å². The fourth-order valence-corrected chi connectivity index (χ4v) is 3.16. The van der Waals surface area contributed by atoms with Crippen LogP contribution in [0.2, 0.25) is 0 Å². The zero-order valence-electron chi connectivity index (χ0n) is 14.9. The number of thioether (sulfide) groups is 1. The van der Waals surface area contributed by atoms with Crippen molar-refractivity contribution in [1.82, 2.24) is 0 Å². The standard InChI is InChI=1S/C20H23NO4S/c1-14(10-15-6-8-18(25-2)9-7-15)20(24)21-17-5-3-4-16(11-17)12-26-13-19(22)23/h3-9,11,14H,10,12-13H2,1-2H3,(H,21,24)(H,22,23). The molecule has 2 N–H and O–H groups in total. The molecule has 138 valence electrons. The highest BCUT2D eigenvalue weighted by Gasteiger charge is 2.14. The van der Waals surface area contributed by atoms with Crippen molar-refractivity contribution >= 4 is 29.3 Å². The summed E-state index contributed by atoms with van der Waals surface area (Å²) in [6.07, 6.45) is 0.643. The van der Waals surface area contributed by atoms with E-state index in [1.165, 1.54) is 11.8 Å². The van der Waals surface area contributed by atoms with Crippen LogP contribution in [-0.4, -0.2) is 29.8 Å². The van der Waals surface area contributed by atoms with E-state index in [2.05, 4.69) is 5.32 Å². The van der Waals surface area contributed by atoms with Crippen LogP contribution in [-0.2, 0) is 21.8 Å².